The summed E-state index contributed by atoms with van der Waals surface area (Å²) in [6, 6.07) is 12.9. The number of rotatable bonds is 9. The third-order valence-corrected chi connectivity index (χ3v) is 6.15. The van der Waals surface area contributed by atoms with Crippen molar-refractivity contribution >= 4 is 34.7 Å². The molecular formula is C21H20N4O4S2. The van der Waals surface area contributed by atoms with Gasteiger partial charge in [0, 0.05) is 23.9 Å². The first kappa shape index (κ1) is 21.0. The third kappa shape index (κ3) is 5.09. The van der Waals surface area contributed by atoms with E-state index in [0.717, 1.165) is 16.5 Å². The van der Waals surface area contributed by atoms with E-state index in [9.17, 15) is 4.79 Å². The number of amides is 1. The molecule has 0 fully saturated rings. The number of benzene rings is 1. The summed E-state index contributed by atoms with van der Waals surface area (Å²) >= 11 is 2.90. The average molecular weight is 457 g/mol. The summed E-state index contributed by atoms with van der Waals surface area (Å²) in [5, 5.41) is 14.1. The molecule has 1 aromatic carbocycles. The van der Waals surface area contributed by atoms with Gasteiger partial charge in [-0.25, -0.2) is 0 Å². The van der Waals surface area contributed by atoms with E-state index in [1.807, 2.05) is 34.2 Å². The van der Waals surface area contributed by atoms with E-state index in [1.165, 1.54) is 11.8 Å². The normalized spacial score (nSPS) is 10.8. The molecule has 8 nitrogen and oxygen atoms in total. The zero-order valence-electron chi connectivity index (χ0n) is 16.9. The van der Waals surface area contributed by atoms with E-state index in [-0.39, 0.29) is 11.7 Å². The van der Waals surface area contributed by atoms with Crippen LogP contribution in [0.5, 0.6) is 11.5 Å². The van der Waals surface area contributed by atoms with Crippen molar-refractivity contribution in [2.75, 3.05) is 25.3 Å². The summed E-state index contributed by atoms with van der Waals surface area (Å²) in [7, 11) is 3.13. The first-order valence-corrected chi connectivity index (χ1v) is 11.2. The van der Waals surface area contributed by atoms with Crippen LogP contribution < -0.4 is 14.8 Å². The largest absolute Gasteiger partial charge is 0.497 e. The van der Waals surface area contributed by atoms with Crippen molar-refractivity contribution in [2.24, 2.45) is 0 Å². The van der Waals surface area contributed by atoms with E-state index in [4.69, 9.17) is 13.9 Å². The van der Waals surface area contributed by atoms with Crippen molar-refractivity contribution in [3.63, 3.8) is 0 Å². The molecular weight excluding hydrogens is 436 g/mol. The van der Waals surface area contributed by atoms with Crippen LogP contribution >= 0.6 is 23.1 Å². The fourth-order valence-electron chi connectivity index (χ4n) is 2.89. The van der Waals surface area contributed by atoms with Crippen molar-refractivity contribution in [3.05, 3.63) is 59.9 Å². The fraction of sp³-hybridized carbons (Fsp3) is 0.190. The number of nitrogens with one attached hydrogen (secondary N) is 1. The summed E-state index contributed by atoms with van der Waals surface area (Å²) < 4.78 is 17.9. The van der Waals surface area contributed by atoms with Gasteiger partial charge in [0.2, 0.25) is 5.91 Å². The van der Waals surface area contributed by atoms with Crippen LogP contribution in [0.4, 0.5) is 5.69 Å². The highest BCUT2D eigenvalue weighted by molar-refractivity contribution is 7.99. The molecule has 0 bridgehead atoms. The van der Waals surface area contributed by atoms with Crippen LogP contribution in [0.15, 0.2) is 63.7 Å². The molecule has 0 spiro atoms. The molecule has 0 saturated heterocycles. The lowest BCUT2D eigenvalue weighted by atomic mass is 10.2. The van der Waals surface area contributed by atoms with Crippen LogP contribution in [0.25, 0.3) is 10.7 Å². The van der Waals surface area contributed by atoms with E-state index >= 15 is 0 Å². The molecule has 0 unspecified atom stereocenters. The number of anilines is 1. The topological polar surface area (TPSA) is 91.4 Å². The number of carbonyl (C=O) groups excluding carboxylic acids is 1. The monoisotopic (exact) mass is 456 g/mol. The maximum Gasteiger partial charge on any atom is 0.234 e. The molecule has 4 aromatic rings. The Bertz CT molecular complexity index is 1120. The van der Waals surface area contributed by atoms with Gasteiger partial charge in [0.05, 0.1) is 37.7 Å². The van der Waals surface area contributed by atoms with Crippen LogP contribution in [0.1, 0.15) is 5.76 Å². The predicted octanol–water partition coefficient (Wildman–Crippen LogP) is 4.40. The Balaban J connectivity index is 1.48. The molecule has 0 saturated carbocycles. The second kappa shape index (κ2) is 9.71. The Morgan fingerprint density at radius 2 is 1.97 bits per heavy atom. The van der Waals surface area contributed by atoms with Crippen LogP contribution in [0, 0.1) is 0 Å². The molecule has 0 atom stereocenters. The highest BCUT2D eigenvalue weighted by Crippen LogP contribution is 2.29. The predicted molar refractivity (Wildman–Crippen MR) is 120 cm³/mol. The Morgan fingerprint density at radius 1 is 1.16 bits per heavy atom. The summed E-state index contributed by atoms with van der Waals surface area (Å²) in [6.45, 7) is 0.476. The Labute approximate surface area is 187 Å². The highest BCUT2D eigenvalue weighted by atomic mass is 32.2. The van der Waals surface area contributed by atoms with Gasteiger partial charge in [0.15, 0.2) is 11.0 Å². The summed E-state index contributed by atoms with van der Waals surface area (Å²) in [4.78, 5) is 13.6. The Hall–Kier alpha value is -3.24. The van der Waals surface area contributed by atoms with Gasteiger partial charge in [0.1, 0.15) is 17.3 Å². The SMILES string of the molecule is COc1cc(NC(=O)CSc2nnc(-c3cccs3)n2Cc2ccco2)cc(OC)c1. The minimum atomic E-state index is -0.175. The van der Waals surface area contributed by atoms with Gasteiger partial charge in [-0.3, -0.25) is 9.36 Å². The lowest BCUT2D eigenvalue weighted by Gasteiger charge is -2.10. The molecule has 4 rings (SSSR count). The van der Waals surface area contributed by atoms with Gasteiger partial charge in [0.25, 0.3) is 0 Å². The molecule has 10 heteroatoms. The van der Waals surface area contributed by atoms with E-state index in [1.54, 1.807) is 50.0 Å². The van der Waals surface area contributed by atoms with Crippen molar-refractivity contribution in [2.45, 2.75) is 11.7 Å². The molecule has 0 radical (unpaired) electrons. The van der Waals surface area contributed by atoms with Gasteiger partial charge < -0.3 is 19.2 Å². The molecule has 1 N–H and O–H groups in total. The number of ether oxygens (including phenoxy) is 2. The zero-order chi connectivity index (χ0) is 21.6. The maximum atomic E-state index is 12.6. The molecule has 160 valence electrons. The van der Waals surface area contributed by atoms with Crippen LogP contribution in [0.2, 0.25) is 0 Å². The number of furan rings is 1. The minimum absolute atomic E-state index is 0.167. The summed E-state index contributed by atoms with van der Waals surface area (Å²) in [5.41, 5.74) is 0.595. The third-order valence-electron chi connectivity index (χ3n) is 4.32. The molecule has 0 aliphatic rings. The second-order valence-corrected chi connectivity index (χ2v) is 8.28. The highest BCUT2D eigenvalue weighted by Gasteiger charge is 2.18. The van der Waals surface area contributed by atoms with Crippen LogP contribution in [-0.2, 0) is 11.3 Å². The lowest BCUT2D eigenvalue weighted by molar-refractivity contribution is -0.113. The quantitative estimate of drug-likeness (QED) is 0.373. The summed E-state index contributed by atoms with van der Waals surface area (Å²) in [6.07, 6.45) is 1.63. The van der Waals surface area contributed by atoms with E-state index in [2.05, 4.69) is 15.5 Å². The lowest BCUT2D eigenvalue weighted by Crippen LogP contribution is -2.15. The number of hydrogen-bond acceptors (Lipinski definition) is 8. The number of hydrogen-bond donors (Lipinski definition) is 1. The first-order valence-electron chi connectivity index (χ1n) is 9.31. The number of carbonyl (C=O) groups is 1. The molecule has 0 aliphatic carbocycles. The van der Waals surface area contributed by atoms with Gasteiger partial charge in [-0.1, -0.05) is 17.8 Å². The molecule has 3 aromatic heterocycles. The average Bonchev–Trinajstić information content (AvgIpc) is 3.54. The zero-order valence-corrected chi connectivity index (χ0v) is 18.5. The van der Waals surface area contributed by atoms with Gasteiger partial charge in [-0.15, -0.1) is 21.5 Å². The number of thioether (sulfide) groups is 1. The Kier molecular flexibility index (Phi) is 6.58. The smallest absolute Gasteiger partial charge is 0.234 e. The molecule has 1 amide bonds. The fourth-order valence-corrected chi connectivity index (χ4v) is 4.35. The maximum absolute atomic E-state index is 12.6. The van der Waals surface area contributed by atoms with E-state index in [0.29, 0.717) is 28.9 Å². The first-order chi connectivity index (χ1) is 15.2. The minimum Gasteiger partial charge on any atom is -0.497 e. The van der Waals surface area contributed by atoms with Gasteiger partial charge in [-0.2, -0.15) is 0 Å². The van der Waals surface area contributed by atoms with Gasteiger partial charge >= 0.3 is 0 Å². The summed E-state index contributed by atoms with van der Waals surface area (Å²) in [5.74, 6) is 2.71. The van der Waals surface area contributed by atoms with Crippen molar-refractivity contribution in [3.8, 4) is 22.2 Å². The standard InChI is InChI=1S/C21H20N4O4S2/c1-27-16-9-14(10-17(11-16)28-2)22-19(26)13-31-21-24-23-20(18-6-4-8-30-18)25(21)12-15-5-3-7-29-15/h3-11H,12-13H2,1-2H3,(H,22,26). The number of thiophene rings is 1. The van der Waals surface area contributed by atoms with Crippen molar-refractivity contribution in [1.82, 2.24) is 14.8 Å². The number of nitrogens with zero attached hydrogens (tertiary/aromatic N) is 3. The number of aromatic nitrogens is 3. The van der Waals surface area contributed by atoms with E-state index < -0.39 is 0 Å². The van der Waals surface area contributed by atoms with Crippen molar-refractivity contribution < 1.29 is 18.7 Å². The van der Waals surface area contributed by atoms with Crippen LogP contribution in [-0.4, -0.2) is 40.6 Å². The van der Waals surface area contributed by atoms with Gasteiger partial charge in [-0.05, 0) is 23.6 Å². The molecule has 0 aliphatic heterocycles. The van der Waals surface area contributed by atoms with Crippen molar-refractivity contribution in [1.29, 1.82) is 0 Å². The molecule has 31 heavy (non-hydrogen) atoms. The Morgan fingerprint density at radius 3 is 2.61 bits per heavy atom. The van der Waals surface area contributed by atoms with Crippen LogP contribution in [0.3, 0.4) is 0 Å². The number of methoxy groups -OCH3 is 2. The molecule has 3 heterocycles. The second-order valence-electron chi connectivity index (χ2n) is 6.39.